The number of alkyl halides is 1. The van der Waals surface area contributed by atoms with Crippen molar-refractivity contribution in [3.05, 3.63) is 29.8 Å². The second-order valence-electron chi connectivity index (χ2n) is 4.52. The van der Waals surface area contributed by atoms with Crippen LogP contribution in [0.2, 0.25) is 0 Å². The lowest BCUT2D eigenvalue weighted by atomic mass is 10.1. The van der Waals surface area contributed by atoms with Gasteiger partial charge in [-0.2, -0.15) is 0 Å². The Morgan fingerprint density at radius 3 is 2.29 bits per heavy atom. The molecule has 6 heteroatoms. The zero-order chi connectivity index (χ0) is 15.5. The van der Waals surface area contributed by atoms with E-state index >= 15 is 0 Å². The summed E-state index contributed by atoms with van der Waals surface area (Å²) in [5, 5.41) is 5.20. The summed E-state index contributed by atoms with van der Waals surface area (Å²) < 4.78 is 5.38. The summed E-state index contributed by atoms with van der Waals surface area (Å²) in [6, 6.07) is 7.72. The number of rotatable bonds is 9. The van der Waals surface area contributed by atoms with Gasteiger partial charge >= 0.3 is 0 Å². The van der Waals surface area contributed by atoms with Gasteiger partial charge < -0.3 is 15.4 Å². The molecular weight excluding hydrogens is 292 g/mol. The normalized spacial score (nSPS) is 10.0. The van der Waals surface area contributed by atoms with E-state index in [2.05, 4.69) is 17.6 Å². The molecule has 1 aromatic carbocycles. The summed E-state index contributed by atoms with van der Waals surface area (Å²) in [6.45, 7) is 2.78. The van der Waals surface area contributed by atoms with Crippen molar-refractivity contribution in [3.8, 4) is 5.75 Å². The standard InChI is InChI=1S/C15H21ClN2O3/c1-2-3-12-4-6-13(7-5-12)21-11-15(20)18-9-8-17-14(19)10-16/h4-7H,2-3,8-11H2,1H3,(H,17,19)(H,18,20). The van der Waals surface area contributed by atoms with Crippen LogP contribution in [0.5, 0.6) is 5.75 Å². The molecule has 1 aromatic rings. The molecule has 0 atom stereocenters. The molecule has 0 aliphatic heterocycles. The molecule has 0 heterocycles. The lowest BCUT2D eigenvalue weighted by Gasteiger charge is -2.08. The average molecular weight is 313 g/mol. The smallest absolute Gasteiger partial charge is 0.258 e. The predicted molar refractivity (Wildman–Crippen MR) is 82.7 cm³/mol. The van der Waals surface area contributed by atoms with E-state index in [1.807, 2.05) is 24.3 Å². The Morgan fingerprint density at radius 2 is 1.71 bits per heavy atom. The fourth-order valence-electron chi connectivity index (χ4n) is 1.69. The van der Waals surface area contributed by atoms with Gasteiger partial charge in [0.05, 0.1) is 0 Å². The van der Waals surface area contributed by atoms with Gasteiger partial charge in [0.25, 0.3) is 5.91 Å². The van der Waals surface area contributed by atoms with Crippen molar-refractivity contribution in [2.45, 2.75) is 19.8 Å². The Labute approximate surface area is 130 Å². The maximum atomic E-state index is 11.5. The molecule has 0 bridgehead atoms. The number of halogens is 1. The van der Waals surface area contributed by atoms with Crippen LogP contribution in [0.4, 0.5) is 0 Å². The number of hydrogen-bond donors (Lipinski definition) is 2. The van der Waals surface area contributed by atoms with Crippen molar-refractivity contribution in [3.63, 3.8) is 0 Å². The van der Waals surface area contributed by atoms with Gasteiger partial charge in [-0.15, -0.1) is 11.6 Å². The summed E-state index contributed by atoms with van der Waals surface area (Å²) in [6.07, 6.45) is 2.14. The Morgan fingerprint density at radius 1 is 1.10 bits per heavy atom. The first-order valence-corrected chi connectivity index (χ1v) is 7.50. The predicted octanol–water partition coefficient (Wildman–Crippen LogP) is 1.49. The monoisotopic (exact) mass is 312 g/mol. The quantitative estimate of drug-likeness (QED) is 0.536. The molecule has 116 valence electrons. The van der Waals surface area contributed by atoms with E-state index in [1.165, 1.54) is 5.56 Å². The van der Waals surface area contributed by atoms with Crippen molar-refractivity contribution < 1.29 is 14.3 Å². The Hall–Kier alpha value is -1.75. The Bertz CT molecular complexity index is 449. The van der Waals surface area contributed by atoms with Gasteiger partial charge in [-0.3, -0.25) is 9.59 Å². The molecule has 0 saturated carbocycles. The molecule has 0 fully saturated rings. The van der Waals surface area contributed by atoms with Crippen LogP contribution in [0.25, 0.3) is 0 Å². The number of hydrogen-bond acceptors (Lipinski definition) is 3. The molecule has 0 saturated heterocycles. The van der Waals surface area contributed by atoms with Gasteiger partial charge in [0.15, 0.2) is 6.61 Å². The zero-order valence-corrected chi connectivity index (χ0v) is 12.9. The molecule has 2 N–H and O–H groups in total. The van der Waals surface area contributed by atoms with E-state index in [1.54, 1.807) is 0 Å². The van der Waals surface area contributed by atoms with Crippen LogP contribution in [-0.2, 0) is 16.0 Å². The van der Waals surface area contributed by atoms with E-state index in [4.69, 9.17) is 16.3 Å². The molecule has 0 radical (unpaired) electrons. The molecule has 2 amide bonds. The van der Waals surface area contributed by atoms with Crippen LogP contribution in [0.15, 0.2) is 24.3 Å². The Balaban J connectivity index is 2.19. The number of ether oxygens (including phenoxy) is 1. The maximum absolute atomic E-state index is 11.5. The molecule has 5 nitrogen and oxygen atoms in total. The number of benzene rings is 1. The summed E-state index contributed by atoms with van der Waals surface area (Å²) in [5.74, 6) is 0.105. The van der Waals surface area contributed by atoms with Gasteiger partial charge in [-0.1, -0.05) is 25.5 Å². The maximum Gasteiger partial charge on any atom is 0.258 e. The van der Waals surface area contributed by atoms with Crippen molar-refractivity contribution in [1.82, 2.24) is 10.6 Å². The minimum absolute atomic E-state index is 0.0451. The van der Waals surface area contributed by atoms with Crippen molar-refractivity contribution in [2.75, 3.05) is 25.6 Å². The summed E-state index contributed by atoms with van der Waals surface area (Å²) in [4.78, 5) is 22.4. The summed E-state index contributed by atoms with van der Waals surface area (Å²) in [7, 11) is 0. The van der Waals surface area contributed by atoms with E-state index < -0.39 is 0 Å². The van der Waals surface area contributed by atoms with E-state index in [0.29, 0.717) is 18.8 Å². The number of carbonyl (C=O) groups is 2. The van der Waals surface area contributed by atoms with E-state index in [0.717, 1.165) is 12.8 Å². The number of amides is 2. The SMILES string of the molecule is CCCc1ccc(OCC(=O)NCCNC(=O)CCl)cc1. The first-order chi connectivity index (χ1) is 10.2. The third-order valence-electron chi connectivity index (χ3n) is 2.72. The molecular formula is C15H21ClN2O3. The van der Waals surface area contributed by atoms with Crippen LogP contribution >= 0.6 is 11.6 Å². The second-order valence-corrected chi connectivity index (χ2v) is 4.78. The minimum Gasteiger partial charge on any atom is -0.484 e. The molecule has 0 aromatic heterocycles. The van der Waals surface area contributed by atoms with Crippen LogP contribution in [-0.4, -0.2) is 37.4 Å². The van der Waals surface area contributed by atoms with Gasteiger partial charge in [-0.05, 0) is 24.1 Å². The number of nitrogens with one attached hydrogen (secondary N) is 2. The van der Waals surface area contributed by atoms with Crippen LogP contribution in [0, 0.1) is 0 Å². The molecule has 0 spiro atoms. The first-order valence-electron chi connectivity index (χ1n) is 6.96. The summed E-state index contributed by atoms with van der Waals surface area (Å²) in [5.41, 5.74) is 1.25. The van der Waals surface area contributed by atoms with Crippen LogP contribution in [0.1, 0.15) is 18.9 Å². The molecule has 0 aliphatic rings. The van der Waals surface area contributed by atoms with Gasteiger partial charge in [0, 0.05) is 13.1 Å². The number of carbonyl (C=O) groups excluding carboxylic acids is 2. The van der Waals surface area contributed by atoms with E-state index in [9.17, 15) is 9.59 Å². The lowest BCUT2D eigenvalue weighted by Crippen LogP contribution is -2.37. The number of aryl methyl sites for hydroxylation is 1. The van der Waals surface area contributed by atoms with Gasteiger partial charge in [0.2, 0.25) is 5.91 Å². The topological polar surface area (TPSA) is 67.4 Å². The molecule has 0 aliphatic carbocycles. The van der Waals surface area contributed by atoms with Gasteiger partial charge in [-0.25, -0.2) is 0 Å². The zero-order valence-electron chi connectivity index (χ0n) is 12.2. The fourth-order valence-corrected chi connectivity index (χ4v) is 1.79. The minimum atomic E-state index is -0.255. The van der Waals surface area contributed by atoms with Crippen LogP contribution in [0.3, 0.4) is 0 Å². The third-order valence-corrected chi connectivity index (χ3v) is 2.97. The molecule has 0 unspecified atom stereocenters. The van der Waals surface area contributed by atoms with Gasteiger partial charge in [0.1, 0.15) is 11.6 Å². The Kier molecular flexibility index (Phi) is 8.28. The fraction of sp³-hybridized carbons (Fsp3) is 0.467. The van der Waals surface area contributed by atoms with E-state index in [-0.39, 0.29) is 24.3 Å². The van der Waals surface area contributed by atoms with Crippen LogP contribution < -0.4 is 15.4 Å². The first kappa shape index (κ1) is 17.3. The average Bonchev–Trinajstić information content (AvgIpc) is 2.51. The second kappa shape index (κ2) is 10.0. The van der Waals surface area contributed by atoms with Crippen molar-refractivity contribution in [1.29, 1.82) is 0 Å². The highest BCUT2D eigenvalue weighted by Gasteiger charge is 2.03. The van der Waals surface area contributed by atoms with Crippen molar-refractivity contribution in [2.24, 2.45) is 0 Å². The van der Waals surface area contributed by atoms with Crippen molar-refractivity contribution >= 4 is 23.4 Å². The highest BCUT2D eigenvalue weighted by Crippen LogP contribution is 2.13. The highest BCUT2D eigenvalue weighted by atomic mass is 35.5. The lowest BCUT2D eigenvalue weighted by molar-refractivity contribution is -0.123. The highest BCUT2D eigenvalue weighted by molar-refractivity contribution is 6.27. The largest absolute Gasteiger partial charge is 0.484 e. The third kappa shape index (κ3) is 7.56. The summed E-state index contributed by atoms with van der Waals surface area (Å²) >= 11 is 5.32. The molecule has 1 rings (SSSR count). The molecule has 21 heavy (non-hydrogen) atoms.